The molecule has 3 rings (SSSR count). The predicted molar refractivity (Wildman–Crippen MR) is 104 cm³/mol. The van der Waals surface area contributed by atoms with E-state index in [1.54, 1.807) is 20.8 Å². The van der Waals surface area contributed by atoms with Crippen molar-refractivity contribution in [2.75, 3.05) is 0 Å². The van der Waals surface area contributed by atoms with Crippen LogP contribution in [0.2, 0.25) is 0 Å². The maximum Gasteiger partial charge on any atom is 0.419 e. The number of fused-ring (bicyclic) bond motifs is 1. The molecule has 0 atom stereocenters. The number of benzene rings is 1. The Bertz CT molecular complexity index is 1170. The summed E-state index contributed by atoms with van der Waals surface area (Å²) >= 11 is 0.625. The van der Waals surface area contributed by atoms with Crippen LogP contribution in [-0.2, 0) is 9.53 Å². The zero-order chi connectivity index (χ0) is 22.4. The molecule has 0 aliphatic carbocycles. The summed E-state index contributed by atoms with van der Waals surface area (Å²) < 4.78 is 47.9. The van der Waals surface area contributed by atoms with E-state index in [2.05, 4.69) is 0 Å². The van der Waals surface area contributed by atoms with E-state index >= 15 is 0 Å². The lowest BCUT2D eigenvalue weighted by Crippen LogP contribution is -2.37. The molecule has 3 aromatic rings. The number of nitrogens with zero attached hydrogens (tertiary/aromatic N) is 1. The van der Waals surface area contributed by atoms with E-state index < -0.39 is 40.1 Å². The molecule has 0 saturated carbocycles. The van der Waals surface area contributed by atoms with Gasteiger partial charge in [0.1, 0.15) is 11.4 Å². The molecule has 0 unspecified atom stereocenters. The molecule has 2 heterocycles. The Hall–Kier alpha value is -3.14. The van der Waals surface area contributed by atoms with Crippen LogP contribution in [0.5, 0.6) is 0 Å². The number of alkyl halides is 2. The highest BCUT2D eigenvalue weighted by Gasteiger charge is 2.48. The summed E-state index contributed by atoms with van der Waals surface area (Å²) in [6, 6.07) is 5.18. The van der Waals surface area contributed by atoms with Crippen LogP contribution in [0, 0.1) is 5.82 Å². The zero-order valence-electron chi connectivity index (χ0n) is 16.0. The van der Waals surface area contributed by atoms with Gasteiger partial charge < -0.3 is 9.84 Å². The van der Waals surface area contributed by atoms with Crippen LogP contribution < -0.4 is 0 Å². The number of ether oxygens (including phenoxy) is 1. The highest BCUT2D eigenvalue weighted by Crippen LogP contribution is 2.36. The number of Topliss-reactive ketones (excluding diaryl/α,β-unsaturated/α-hetero) is 1. The summed E-state index contributed by atoms with van der Waals surface area (Å²) in [5, 5.41) is 10.2. The first-order valence-corrected chi connectivity index (χ1v) is 9.48. The molecule has 2 aromatic heterocycles. The second kappa shape index (κ2) is 7.28. The van der Waals surface area contributed by atoms with Gasteiger partial charge in [0.15, 0.2) is 0 Å². The molecule has 0 fully saturated rings. The molecular weight excluding hydrogens is 423 g/mol. The number of carboxylic acids is 1. The molecule has 0 aliphatic rings. The van der Waals surface area contributed by atoms with E-state index in [1.165, 1.54) is 23.7 Å². The summed E-state index contributed by atoms with van der Waals surface area (Å²) in [7, 11) is 0. The smallest absolute Gasteiger partial charge is 0.419 e. The average Bonchev–Trinajstić information content (AvgIpc) is 3.24. The van der Waals surface area contributed by atoms with Crippen LogP contribution in [-0.4, -0.2) is 39.0 Å². The van der Waals surface area contributed by atoms with Gasteiger partial charge in [-0.2, -0.15) is 8.78 Å². The average molecular weight is 439 g/mol. The first kappa shape index (κ1) is 21.6. The van der Waals surface area contributed by atoms with Gasteiger partial charge in [-0.3, -0.25) is 4.79 Å². The fraction of sp³-hybridized carbons (Fsp3) is 0.250. The Kier molecular flexibility index (Phi) is 5.23. The number of rotatable bonds is 4. The minimum atomic E-state index is -4.57. The summed E-state index contributed by atoms with van der Waals surface area (Å²) in [4.78, 5) is 34.6. The summed E-state index contributed by atoms with van der Waals surface area (Å²) in [6.07, 6.45) is 0.445. The number of aliphatic carboxylic acids is 1. The topological polar surface area (TPSA) is 85.6 Å². The molecular formula is C20H16F3NO5S. The number of carbonyl (C=O) groups excluding carboxylic acids is 2. The number of aromatic nitrogens is 1. The van der Waals surface area contributed by atoms with Crippen molar-refractivity contribution in [1.82, 2.24) is 4.57 Å². The number of halogens is 3. The summed E-state index contributed by atoms with van der Waals surface area (Å²) in [5.41, 5.74) is -0.368. The Balaban J connectivity index is 2.12. The van der Waals surface area contributed by atoms with Crippen LogP contribution in [0.25, 0.3) is 22.0 Å². The van der Waals surface area contributed by atoms with Gasteiger partial charge in [-0.05, 0) is 43.8 Å². The minimum Gasteiger partial charge on any atom is -0.476 e. The molecule has 1 N–H and O–H groups in total. The maximum absolute atomic E-state index is 14.5. The number of ketones is 1. The Labute approximate surface area is 172 Å². The fourth-order valence-corrected chi connectivity index (χ4v) is 3.65. The molecule has 0 radical (unpaired) electrons. The van der Waals surface area contributed by atoms with E-state index in [9.17, 15) is 27.6 Å². The van der Waals surface area contributed by atoms with Gasteiger partial charge in [-0.15, -0.1) is 11.3 Å². The van der Waals surface area contributed by atoms with Crippen LogP contribution in [0.1, 0.15) is 30.4 Å². The first-order valence-electron chi connectivity index (χ1n) is 8.61. The Morgan fingerprint density at radius 2 is 1.83 bits per heavy atom. The van der Waals surface area contributed by atoms with Gasteiger partial charge in [0.25, 0.3) is 5.78 Å². The van der Waals surface area contributed by atoms with Crippen LogP contribution in [0.4, 0.5) is 18.0 Å². The quantitative estimate of drug-likeness (QED) is 0.446. The highest BCUT2D eigenvalue weighted by atomic mass is 32.1. The van der Waals surface area contributed by atoms with Gasteiger partial charge in [-0.25, -0.2) is 18.5 Å². The van der Waals surface area contributed by atoms with Crippen molar-refractivity contribution >= 4 is 40.1 Å². The molecule has 0 spiro atoms. The molecule has 0 amide bonds. The number of carbonyl (C=O) groups is 3. The zero-order valence-corrected chi connectivity index (χ0v) is 16.9. The molecule has 10 heteroatoms. The summed E-state index contributed by atoms with van der Waals surface area (Å²) in [5.74, 6) is -9.67. The second-order valence-corrected chi connectivity index (χ2v) is 8.35. The van der Waals surface area contributed by atoms with Crippen LogP contribution in [0.15, 0.2) is 35.8 Å². The molecule has 0 saturated heterocycles. The fourth-order valence-electron chi connectivity index (χ4n) is 2.77. The maximum atomic E-state index is 14.5. The predicted octanol–water partition coefficient (Wildman–Crippen LogP) is 5.19. The third kappa shape index (κ3) is 3.82. The lowest BCUT2D eigenvalue weighted by Gasteiger charge is -2.19. The SMILES string of the molecule is CC(C)(C)OC(=O)n1cc(-c2csc(C(=O)C(F)(F)C(=O)O)c2)c2cccc(F)c21. The normalized spacial score (nSPS) is 12.2. The van der Waals surface area contributed by atoms with Crippen molar-refractivity contribution in [1.29, 1.82) is 0 Å². The van der Waals surface area contributed by atoms with Crippen molar-refractivity contribution < 1.29 is 37.4 Å². The van der Waals surface area contributed by atoms with Gasteiger partial charge in [-0.1, -0.05) is 12.1 Å². The molecule has 30 heavy (non-hydrogen) atoms. The second-order valence-electron chi connectivity index (χ2n) is 7.44. The monoisotopic (exact) mass is 439 g/mol. The molecule has 6 nitrogen and oxygen atoms in total. The van der Waals surface area contributed by atoms with E-state index in [1.807, 2.05) is 0 Å². The minimum absolute atomic E-state index is 0.0725. The number of hydrogen-bond donors (Lipinski definition) is 1. The highest BCUT2D eigenvalue weighted by molar-refractivity contribution is 7.12. The third-order valence-corrected chi connectivity index (χ3v) is 4.98. The number of thiophene rings is 1. The van der Waals surface area contributed by atoms with Crippen molar-refractivity contribution in [3.8, 4) is 11.1 Å². The largest absolute Gasteiger partial charge is 0.476 e. The number of hydrogen-bond acceptors (Lipinski definition) is 5. The Morgan fingerprint density at radius 1 is 1.17 bits per heavy atom. The van der Waals surface area contributed by atoms with E-state index in [4.69, 9.17) is 9.84 Å². The van der Waals surface area contributed by atoms with Crippen molar-refractivity contribution in [3.05, 3.63) is 46.5 Å². The Morgan fingerprint density at radius 3 is 2.43 bits per heavy atom. The van der Waals surface area contributed by atoms with Gasteiger partial charge in [0.2, 0.25) is 0 Å². The van der Waals surface area contributed by atoms with Gasteiger partial charge in [0, 0.05) is 17.1 Å². The van der Waals surface area contributed by atoms with Gasteiger partial charge >= 0.3 is 18.0 Å². The van der Waals surface area contributed by atoms with Crippen molar-refractivity contribution in [2.24, 2.45) is 0 Å². The lowest BCUT2D eigenvalue weighted by molar-refractivity contribution is -0.157. The number of carboxylic acid groups (broad SMARTS) is 1. The van der Waals surface area contributed by atoms with E-state index in [0.717, 1.165) is 16.7 Å². The van der Waals surface area contributed by atoms with E-state index in [0.29, 0.717) is 22.3 Å². The summed E-state index contributed by atoms with van der Waals surface area (Å²) in [6.45, 7) is 4.94. The molecule has 0 aliphatic heterocycles. The number of para-hydroxylation sites is 1. The van der Waals surface area contributed by atoms with E-state index in [-0.39, 0.29) is 11.1 Å². The third-order valence-electron chi connectivity index (χ3n) is 4.05. The molecule has 0 bridgehead atoms. The van der Waals surface area contributed by atoms with Crippen molar-refractivity contribution in [2.45, 2.75) is 32.3 Å². The standard InChI is InChI=1S/C20H16F3NO5S/c1-19(2,3)29-18(28)24-8-12(11-5-4-6-13(21)15(11)24)10-7-14(30-9-10)16(25)20(22,23)17(26)27/h4-9H,1-3H3,(H,26,27). The molecule has 158 valence electrons. The first-order chi connectivity index (χ1) is 13.8. The van der Waals surface area contributed by atoms with Crippen LogP contribution >= 0.6 is 11.3 Å². The van der Waals surface area contributed by atoms with Gasteiger partial charge in [0.05, 0.1) is 10.4 Å². The molecule has 1 aromatic carbocycles. The lowest BCUT2D eigenvalue weighted by atomic mass is 10.1. The van der Waals surface area contributed by atoms with Crippen LogP contribution in [0.3, 0.4) is 0 Å². The van der Waals surface area contributed by atoms with Crippen molar-refractivity contribution in [3.63, 3.8) is 0 Å².